The van der Waals surface area contributed by atoms with Crippen LogP contribution in [0.3, 0.4) is 0 Å². The van der Waals surface area contributed by atoms with Crippen molar-refractivity contribution in [1.29, 1.82) is 5.26 Å². The topological polar surface area (TPSA) is 138 Å². The van der Waals surface area contributed by atoms with Crippen molar-refractivity contribution in [3.63, 3.8) is 0 Å². The van der Waals surface area contributed by atoms with Crippen LogP contribution in [0, 0.1) is 28.1 Å². The van der Waals surface area contributed by atoms with Gasteiger partial charge in [-0.1, -0.05) is 45.9 Å². The normalized spacial score (nSPS) is 24.3. The number of amides is 4. The number of halogens is 1. The van der Waals surface area contributed by atoms with E-state index >= 15 is 0 Å². The van der Waals surface area contributed by atoms with Crippen molar-refractivity contribution >= 4 is 52.2 Å². The van der Waals surface area contributed by atoms with E-state index in [0.29, 0.717) is 39.8 Å². The van der Waals surface area contributed by atoms with Crippen molar-refractivity contribution < 1.29 is 23.9 Å². The number of nitrogens with one attached hydrogen (secondary N) is 2. The minimum atomic E-state index is -0.660. The van der Waals surface area contributed by atoms with Gasteiger partial charge in [0, 0.05) is 104 Å². The van der Waals surface area contributed by atoms with E-state index in [2.05, 4.69) is 83.9 Å². The maximum Gasteiger partial charge on any atom is 0.255 e. The summed E-state index contributed by atoms with van der Waals surface area (Å²) in [6.45, 7) is 19.7. The maximum absolute atomic E-state index is 13.5. The first-order valence-electron chi connectivity index (χ1n) is 21.1. The molecule has 4 aliphatic heterocycles. The number of carbonyl (C=O) groups excluding carboxylic acids is 4. The quantitative estimate of drug-likeness (QED) is 0.244. The number of piperazine rings is 1. The van der Waals surface area contributed by atoms with Crippen LogP contribution in [0.1, 0.15) is 85.2 Å². The first kappa shape index (κ1) is 41.4. The minimum Gasteiger partial charge on any atom is -0.489 e. The standard InChI is InChI=1S/C47H54ClN7O5/c1-29-27-55(39-14-15-40(56)50-42(39)58)43(59)36-13-11-34(24-37(29)36)54-22-20-52(21-23-54)28-30-16-18-53(19-17-30)33-9-6-31(7-10-33)41(57)51-44-46(2,3)45(47(44,4)5)60-35-12-8-32(26-49)38(48)25-35/h6-13,24-25,30,39,44-45H,1,14-23,27-28H2,2-5H3,(H,51,57)(H,50,56,58)/t39-,44?,45?/m1/s1. The van der Waals surface area contributed by atoms with Gasteiger partial charge in [0.25, 0.3) is 11.8 Å². The number of fused-ring (bicyclic) bond motifs is 1. The summed E-state index contributed by atoms with van der Waals surface area (Å²) >= 11 is 6.26. The molecule has 1 saturated carbocycles. The van der Waals surface area contributed by atoms with Crippen molar-refractivity contribution in [3.8, 4) is 11.8 Å². The molecule has 1 aliphatic carbocycles. The summed E-state index contributed by atoms with van der Waals surface area (Å²) in [5.41, 5.74) is 4.76. The predicted molar refractivity (Wildman–Crippen MR) is 232 cm³/mol. The fourth-order valence-corrected chi connectivity index (χ4v) is 10.7. The smallest absolute Gasteiger partial charge is 0.255 e. The Kier molecular flexibility index (Phi) is 11.2. The summed E-state index contributed by atoms with van der Waals surface area (Å²) < 4.78 is 6.39. The molecule has 12 nitrogen and oxygen atoms in total. The first-order valence-corrected chi connectivity index (χ1v) is 21.5. The number of nitriles is 1. The Bertz CT molecular complexity index is 2240. The van der Waals surface area contributed by atoms with Crippen LogP contribution < -0.4 is 25.2 Å². The minimum absolute atomic E-state index is 0.100. The van der Waals surface area contributed by atoms with E-state index in [0.717, 1.165) is 81.2 Å². The molecule has 0 radical (unpaired) electrons. The molecule has 8 rings (SSSR count). The molecule has 3 saturated heterocycles. The zero-order chi connectivity index (χ0) is 42.5. The van der Waals surface area contributed by atoms with E-state index in [-0.39, 0.29) is 53.7 Å². The molecular weight excluding hydrogens is 778 g/mol. The van der Waals surface area contributed by atoms with Crippen molar-refractivity contribution in [2.75, 3.05) is 62.2 Å². The van der Waals surface area contributed by atoms with Gasteiger partial charge in [-0.3, -0.25) is 29.4 Å². The fraction of sp³-hybridized carbons (Fsp3) is 0.468. The van der Waals surface area contributed by atoms with Crippen LogP contribution in [0.5, 0.6) is 5.75 Å². The Morgan fingerprint density at radius 1 is 0.883 bits per heavy atom. The average molecular weight is 832 g/mol. The molecule has 3 aromatic rings. The first-order chi connectivity index (χ1) is 28.6. The van der Waals surface area contributed by atoms with Gasteiger partial charge in [-0.05, 0) is 90.9 Å². The molecule has 4 heterocycles. The van der Waals surface area contributed by atoms with Crippen LogP contribution in [-0.2, 0) is 9.59 Å². The lowest BCUT2D eigenvalue weighted by molar-refractivity contribution is -0.164. The lowest BCUT2D eigenvalue weighted by Crippen LogP contribution is -2.74. The van der Waals surface area contributed by atoms with Gasteiger partial charge in [-0.2, -0.15) is 5.26 Å². The van der Waals surface area contributed by atoms with Crippen LogP contribution in [0.4, 0.5) is 11.4 Å². The molecule has 4 fully saturated rings. The number of piperidine rings is 2. The van der Waals surface area contributed by atoms with Crippen molar-refractivity contribution in [2.24, 2.45) is 16.7 Å². The third kappa shape index (κ3) is 7.85. The summed E-state index contributed by atoms with van der Waals surface area (Å²) in [5.74, 6) is 0.221. The lowest BCUT2D eigenvalue weighted by atomic mass is 9.49. The highest BCUT2D eigenvalue weighted by Gasteiger charge is 2.64. The van der Waals surface area contributed by atoms with Gasteiger partial charge in [0.05, 0.1) is 10.6 Å². The van der Waals surface area contributed by atoms with Crippen LogP contribution in [0.15, 0.2) is 67.2 Å². The Balaban J connectivity index is 0.787. The third-order valence-electron chi connectivity index (χ3n) is 13.6. The van der Waals surface area contributed by atoms with Crippen LogP contribution in [0.2, 0.25) is 5.02 Å². The number of carbonyl (C=O) groups is 4. The zero-order valence-electron chi connectivity index (χ0n) is 34.9. The van der Waals surface area contributed by atoms with Gasteiger partial charge in [0.15, 0.2) is 0 Å². The molecule has 0 spiro atoms. The maximum atomic E-state index is 13.5. The molecule has 0 aromatic heterocycles. The highest BCUT2D eigenvalue weighted by atomic mass is 35.5. The number of hydrogen-bond acceptors (Lipinski definition) is 9. The largest absolute Gasteiger partial charge is 0.489 e. The number of anilines is 2. The lowest BCUT2D eigenvalue weighted by Gasteiger charge is -2.63. The van der Waals surface area contributed by atoms with Crippen molar-refractivity contribution in [3.05, 3.63) is 94.5 Å². The Hall–Kier alpha value is -5.38. The van der Waals surface area contributed by atoms with Gasteiger partial charge in [0.2, 0.25) is 11.8 Å². The van der Waals surface area contributed by atoms with E-state index in [1.165, 1.54) is 0 Å². The van der Waals surface area contributed by atoms with Crippen LogP contribution >= 0.6 is 11.6 Å². The molecule has 0 unspecified atom stereocenters. The molecular formula is C47H54ClN7O5. The molecule has 60 heavy (non-hydrogen) atoms. The van der Waals surface area contributed by atoms with Crippen molar-refractivity contribution in [2.45, 2.75) is 71.6 Å². The highest BCUT2D eigenvalue weighted by Crippen LogP contribution is 2.55. The van der Waals surface area contributed by atoms with E-state index < -0.39 is 11.9 Å². The van der Waals surface area contributed by atoms with Gasteiger partial charge in [-0.25, -0.2) is 0 Å². The fourth-order valence-electron chi connectivity index (χ4n) is 10.5. The summed E-state index contributed by atoms with van der Waals surface area (Å²) in [4.78, 5) is 60.1. The monoisotopic (exact) mass is 831 g/mol. The van der Waals surface area contributed by atoms with Crippen LogP contribution in [0.25, 0.3) is 5.57 Å². The number of hydrogen-bond donors (Lipinski definition) is 2. The van der Waals surface area contributed by atoms with Gasteiger partial charge < -0.3 is 24.8 Å². The summed E-state index contributed by atoms with van der Waals surface area (Å²) in [6.07, 6.45) is 2.61. The summed E-state index contributed by atoms with van der Waals surface area (Å²) in [6, 6.07) is 20.3. The highest BCUT2D eigenvalue weighted by molar-refractivity contribution is 6.31. The summed E-state index contributed by atoms with van der Waals surface area (Å²) in [5, 5.41) is 15.2. The molecule has 0 bridgehead atoms. The molecule has 4 amide bonds. The number of ether oxygens (including phenoxy) is 1. The van der Waals surface area contributed by atoms with Crippen molar-refractivity contribution in [1.82, 2.24) is 20.4 Å². The second-order valence-electron chi connectivity index (χ2n) is 18.3. The Morgan fingerprint density at radius 3 is 2.20 bits per heavy atom. The Labute approximate surface area is 357 Å². The van der Waals surface area contributed by atoms with Gasteiger partial charge >= 0.3 is 0 Å². The van der Waals surface area contributed by atoms with Gasteiger partial charge in [-0.15, -0.1) is 0 Å². The summed E-state index contributed by atoms with van der Waals surface area (Å²) in [7, 11) is 0. The Morgan fingerprint density at radius 2 is 1.55 bits per heavy atom. The van der Waals surface area contributed by atoms with E-state index in [9.17, 15) is 24.4 Å². The second-order valence-corrected chi connectivity index (χ2v) is 18.7. The molecule has 1 atom stereocenters. The molecule has 13 heteroatoms. The van der Waals surface area contributed by atoms with E-state index in [1.807, 2.05) is 24.3 Å². The van der Waals surface area contributed by atoms with Gasteiger partial charge in [0.1, 0.15) is 24.0 Å². The SMILES string of the molecule is C=C1CN([C@@H]2CCC(=O)NC2=O)C(=O)c2ccc(N3CCN(CC4CCN(c5ccc(C(=O)NC6C(C)(C)C(Oc7ccc(C#N)c(Cl)c7)C6(C)C)cc5)CC4)CC3)cc21. The molecule has 3 aromatic carbocycles. The molecule has 5 aliphatic rings. The average Bonchev–Trinajstić information content (AvgIpc) is 3.23. The molecule has 2 N–H and O–H groups in total. The van der Waals surface area contributed by atoms with E-state index in [1.54, 1.807) is 23.1 Å². The number of benzene rings is 3. The third-order valence-corrected chi connectivity index (χ3v) is 13.9. The number of rotatable bonds is 9. The van der Waals surface area contributed by atoms with Crippen LogP contribution in [-0.4, -0.2) is 104 Å². The van der Waals surface area contributed by atoms with E-state index in [4.69, 9.17) is 16.3 Å². The zero-order valence-corrected chi connectivity index (χ0v) is 35.7. The predicted octanol–water partition coefficient (Wildman–Crippen LogP) is 6.14. The second kappa shape index (κ2) is 16.2. The number of imide groups is 1. The molecule has 314 valence electrons. The number of nitrogens with zero attached hydrogens (tertiary/aromatic N) is 5.